The normalized spacial score (nSPS) is 22.3. The summed E-state index contributed by atoms with van der Waals surface area (Å²) < 4.78 is 1.92. The van der Waals surface area contributed by atoms with Crippen LogP contribution in [0.5, 0.6) is 0 Å². The minimum atomic E-state index is 0.0241. The molecule has 0 saturated carbocycles. The van der Waals surface area contributed by atoms with E-state index in [9.17, 15) is 9.59 Å². The molecule has 2 aliphatic heterocycles. The number of likely N-dealkylation sites (tertiary alicyclic amines) is 1. The maximum atomic E-state index is 12.4. The van der Waals surface area contributed by atoms with E-state index in [4.69, 9.17) is 0 Å². The lowest BCUT2D eigenvalue weighted by Crippen LogP contribution is -2.49. The summed E-state index contributed by atoms with van der Waals surface area (Å²) in [6, 6.07) is 13.4. The van der Waals surface area contributed by atoms with Crippen molar-refractivity contribution in [3.05, 3.63) is 64.1 Å². The van der Waals surface area contributed by atoms with Gasteiger partial charge in [-0.1, -0.05) is 18.2 Å². The molecule has 2 aliphatic rings. The monoisotopic (exact) mass is 337 g/mol. The highest BCUT2D eigenvalue weighted by Crippen LogP contribution is 2.34. The summed E-state index contributed by atoms with van der Waals surface area (Å²) in [4.78, 5) is 26.7. The fraction of sp³-hybridized carbons (Fsp3) is 0.400. The number of pyridine rings is 1. The summed E-state index contributed by atoms with van der Waals surface area (Å²) in [7, 11) is 0. The Morgan fingerprint density at radius 1 is 1.16 bits per heavy atom. The summed E-state index contributed by atoms with van der Waals surface area (Å²) in [5, 5.41) is 2.99. The number of aromatic nitrogens is 1. The predicted octanol–water partition coefficient (Wildman–Crippen LogP) is 2.21. The summed E-state index contributed by atoms with van der Waals surface area (Å²) in [6.07, 6.45) is 1.11. The van der Waals surface area contributed by atoms with Crippen molar-refractivity contribution < 1.29 is 4.79 Å². The minimum absolute atomic E-state index is 0.0241. The molecule has 2 bridgehead atoms. The van der Waals surface area contributed by atoms with Crippen LogP contribution in [0.25, 0.3) is 0 Å². The van der Waals surface area contributed by atoms with Crippen molar-refractivity contribution >= 4 is 11.6 Å². The van der Waals surface area contributed by atoms with Crippen molar-refractivity contribution in [2.45, 2.75) is 25.8 Å². The Hall–Kier alpha value is -2.40. The molecule has 1 amide bonds. The van der Waals surface area contributed by atoms with Gasteiger partial charge in [0.25, 0.3) is 5.56 Å². The number of nitrogens with one attached hydrogen (secondary N) is 1. The number of carbonyl (C=O) groups excluding carboxylic acids is 1. The van der Waals surface area contributed by atoms with E-state index >= 15 is 0 Å². The molecular formula is C20H23N3O2. The quantitative estimate of drug-likeness (QED) is 0.934. The van der Waals surface area contributed by atoms with E-state index in [1.165, 1.54) is 0 Å². The van der Waals surface area contributed by atoms with Gasteiger partial charge in [-0.05, 0) is 43.0 Å². The highest BCUT2D eigenvalue weighted by atomic mass is 16.2. The van der Waals surface area contributed by atoms with Crippen LogP contribution in [-0.4, -0.2) is 35.0 Å². The first-order valence-electron chi connectivity index (χ1n) is 8.87. The van der Waals surface area contributed by atoms with Gasteiger partial charge in [-0.15, -0.1) is 0 Å². The van der Waals surface area contributed by atoms with Gasteiger partial charge in [-0.2, -0.15) is 0 Å². The Kier molecular flexibility index (Phi) is 4.17. The number of amides is 1. The van der Waals surface area contributed by atoms with E-state index in [1.807, 2.05) is 41.8 Å². The number of hydrogen-bond donors (Lipinski definition) is 1. The molecular weight excluding hydrogens is 314 g/mol. The molecule has 5 nitrogen and oxygen atoms in total. The molecule has 0 aliphatic carbocycles. The van der Waals surface area contributed by atoms with Gasteiger partial charge < -0.3 is 9.88 Å². The Morgan fingerprint density at radius 3 is 2.84 bits per heavy atom. The van der Waals surface area contributed by atoms with Crippen molar-refractivity contribution in [3.63, 3.8) is 0 Å². The smallest absolute Gasteiger partial charge is 0.250 e. The Bertz CT molecular complexity index is 858. The summed E-state index contributed by atoms with van der Waals surface area (Å²) >= 11 is 0. The van der Waals surface area contributed by atoms with Crippen LogP contribution in [0, 0.1) is 12.8 Å². The van der Waals surface area contributed by atoms with Crippen molar-refractivity contribution in [3.8, 4) is 0 Å². The lowest BCUT2D eigenvalue weighted by Gasteiger charge is -2.42. The van der Waals surface area contributed by atoms with Crippen LogP contribution in [0.3, 0.4) is 0 Å². The van der Waals surface area contributed by atoms with E-state index in [-0.39, 0.29) is 11.5 Å². The topological polar surface area (TPSA) is 54.3 Å². The third-order valence-corrected chi connectivity index (χ3v) is 5.22. The van der Waals surface area contributed by atoms with Crippen LogP contribution < -0.4 is 10.9 Å². The maximum absolute atomic E-state index is 12.4. The zero-order chi connectivity index (χ0) is 17.4. The van der Waals surface area contributed by atoms with Crippen molar-refractivity contribution in [1.82, 2.24) is 9.47 Å². The lowest BCUT2D eigenvalue weighted by atomic mass is 9.83. The van der Waals surface area contributed by atoms with Gasteiger partial charge in [0.1, 0.15) is 0 Å². The van der Waals surface area contributed by atoms with E-state index in [2.05, 4.69) is 16.3 Å². The van der Waals surface area contributed by atoms with E-state index < -0.39 is 0 Å². The number of hydrogen-bond acceptors (Lipinski definition) is 3. The second kappa shape index (κ2) is 6.48. The molecule has 1 N–H and O–H groups in total. The maximum Gasteiger partial charge on any atom is 0.250 e. The lowest BCUT2D eigenvalue weighted by molar-refractivity contribution is -0.117. The van der Waals surface area contributed by atoms with Gasteiger partial charge in [0, 0.05) is 43.0 Å². The van der Waals surface area contributed by atoms with Gasteiger partial charge in [0.15, 0.2) is 0 Å². The Morgan fingerprint density at radius 2 is 2.00 bits per heavy atom. The number of carbonyl (C=O) groups is 1. The number of benzene rings is 1. The first kappa shape index (κ1) is 16.1. The highest BCUT2D eigenvalue weighted by molar-refractivity contribution is 5.92. The second-order valence-electron chi connectivity index (χ2n) is 7.31. The molecule has 0 radical (unpaired) electrons. The third-order valence-electron chi connectivity index (χ3n) is 5.22. The number of rotatable bonds is 3. The predicted molar refractivity (Wildman–Crippen MR) is 97.8 cm³/mol. The zero-order valence-electron chi connectivity index (χ0n) is 14.4. The van der Waals surface area contributed by atoms with Gasteiger partial charge >= 0.3 is 0 Å². The molecule has 2 unspecified atom stereocenters. The standard InChI is InChI=1S/C20H23N3O2/c1-14-4-2-5-17(8-14)21-19(24)13-22-10-15-9-16(12-22)18-6-3-7-20(25)23(18)11-15/h2-8,15-16H,9-13H2,1H3,(H,21,24). The molecule has 1 aromatic heterocycles. The number of aryl methyl sites for hydroxylation is 1. The molecule has 1 aromatic carbocycles. The Labute approximate surface area is 147 Å². The Balaban J connectivity index is 1.44. The average Bonchev–Trinajstić information content (AvgIpc) is 2.56. The fourth-order valence-corrected chi connectivity index (χ4v) is 4.25. The molecule has 2 aromatic rings. The molecule has 1 fully saturated rings. The summed E-state index contributed by atoms with van der Waals surface area (Å²) in [5.41, 5.74) is 3.19. The number of anilines is 1. The average molecular weight is 337 g/mol. The molecule has 1 saturated heterocycles. The van der Waals surface area contributed by atoms with E-state index in [0.29, 0.717) is 18.4 Å². The van der Waals surface area contributed by atoms with Crippen LogP contribution in [0.2, 0.25) is 0 Å². The summed E-state index contributed by atoms with van der Waals surface area (Å²) in [6.45, 7) is 4.89. The van der Waals surface area contributed by atoms with Crippen LogP contribution in [0.1, 0.15) is 23.6 Å². The molecule has 25 heavy (non-hydrogen) atoms. The fourth-order valence-electron chi connectivity index (χ4n) is 4.25. The van der Waals surface area contributed by atoms with Crippen LogP contribution in [0.4, 0.5) is 5.69 Å². The van der Waals surface area contributed by atoms with Crippen molar-refractivity contribution in [2.24, 2.45) is 5.92 Å². The number of nitrogens with zero attached hydrogens (tertiary/aromatic N) is 2. The molecule has 130 valence electrons. The van der Waals surface area contributed by atoms with Crippen LogP contribution >= 0.6 is 0 Å². The zero-order valence-corrected chi connectivity index (χ0v) is 14.4. The first-order valence-corrected chi connectivity index (χ1v) is 8.87. The summed E-state index contributed by atoms with van der Waals surface area (Å²) in [5.74, 6) is 0.808. The van der Waals surface area contributed by atoms with Crippen LogP contribution in [-0.2, 0) is 11.3 Å². The van der Waals surface area contributed by atoms with E-state index in [0.717, 1.165) is 43.0 Å². The van der Waals surface area contributed by atoms with Gasteiger partial charge in [0.05, 0.1) is 6.54 Å². The second-order valence-corrected chi connectivity index (χ2v) is 7.31. The third kappa shape index (κ3) is 3.37. The molecule has 0 spiro atoms. The van der Waals surface area contributed by atoms with Gasteiger partial charge in [-0.25, -0.2) is 0 Å². The molecule has 4 rings (SSSR count). The number of fused-ring (bicyclic) bond motifs is 4. The van der Waals surface area contributed by atoms with Crippen molar-refractivity contribution in [2.75, 3.05) is 25.0 Å². The van der Waals surface area contributed by atoms with Crippen molar-refractivity contribution in [1.29, 1.82) is 0 Å². The SMILES string of the molecule is Cc1cccc(NC(=O)CN2CC3CC(C2)c2cccc(=O)n2C3)c1. The first-order chi connectivity index (χ1) is 12.1. The van der Waals surface area contributed by atoms with Gasteiger partial charge in [-0.3, -0.25) is 14.5 Å². The largest absolute Gasteiger partial charge is 0.325 e. The minimum Gasteiger partial charge on any atom is -0.325 e. The highest BCUT2D eigenvalue weighted by Gasteiger charge is 2.34. The van der Waals surface area contributed by atoms with Gasteiger partial charge in [0.2, 0.25) is 5.91 Å². The molecule has 3 heterocycles. The van der Waals surface area contributed by atoms with E-state index in [1.54, 1.807) is 6.07 Å². The molecule has 5 heteroatoms. The molecule has 2 atom stereocenters. The number of piperidine rings is 1. The van der Waals surface area contributed by atoms with Crippen LogP contribution in [0.15, 0.2) is 47.3 Å².